The summed E-state index contributed by atoms with van der Waals surface area (Å²) in [5.74, 6) is 0. The second-order valence-corrected chi connectivity index (χ2v) is 7.49. The molecular formula is C16H20NO2P. The first-order chi connectivity index (χ1) is 9.69. The van der Waals surface area contributed by atoms with Gasteiger partial charge in [-0.15, -0.1) is 0 Å². The zero-order chi connectivity index (χ0) is 14.4. The standard InChI is InChI=1S/C16H20NO2P/c1-17(13-14-19-2)20(18,15-9-5-3-6-10-15)16-11-7-4-8-12-16/h3-12H,13-14H2,1-2H3. The van der Waals surface area contributed by atoms with Crippen LogP contribution in [0.2, 0.25) is 0 Å². The predicted molar refractivity (Wildman–Crippen MR) is 84.3 cm³/mol. The van der Waals surface area contributed by atoms with Crippen LogP contribution in [0.25, 0.3) is 0 Å². The van der Waals surface area contributed by atoms with Crippen molar-refractivity contribution in [3.63, 3.8) is 0 Å². The van der Waals surface area contributed by atoms with Gasteiger partial charge in [0.05, 0.1) is 6.61 Å². The number of methoxy groups -OCH3 is 1. The molecule has 0 atom stereocenters. The smallest absolute Gasteiger partial charge is 0.207 e. The summed E-state index contributed by atoms with van der Waals surface area (Å²) in [5, 5.41) is 1.70. The van der Waals surface area contributed by atoms with Crippen molar-refractivity contribution < 1.29 is 9.30 Å². The third kappa shape index (κ3) is 3.01. The van der Waals surface area contributed by atoms with E-state index in [0.29, 0.717) is 13.2 Å². The maximum absolute atomic E-state index is 13.7. The first-order valence-electron chi connectivity index (χ1n) is 6.61. The molecule has 106 valence electrons. The van der Waals surface area contributed by atoms with Crippen LogP contribution in [0.4, 0.5) is 0 Å². The molecule has 0 amide bonds. The van der Waals surface area contributed by atoms with Crippen LogP contribution in [0.15, 0.2) is 60.7 Å². The Morgan fingerprint density at radius 1 is 0.950 bits per heavy atom. The summed E-state index contributed by atoms with van der Waals surface area (Å²) in [6.07, 6.45) is 0. The quantitative estimate of drug-likeness (QED) is 0.765. The van der Waals surface area contributed by atoms with Gasteiger partial charge >= 0.3 is 0 Å². The molecule has 0 N–H and O–H groups in total. The van der Waals surface area contributed by atoms with Gasteiger partial charge in [0.25, 0.3) is 0 Å². The molecule has 0 fully saturated rings. The average Bonchev–Trinajstić information content (AvgIpc) is 2.53. The van der Waals surface area contributed by atoms with Crippen LogP contribution in [0, 0.1) is 0 Å². The molecule has 0 aliphatic rings. The monoisotopic (exact) mass is 289 g/mol. The summed E-state index contributed by atoms with van der Waals surface area (Å²) in [5.41, 5.74) is 0. The number of ether oxygens (including phenoxy) is 1. The van der Waals surface area contributed by atoms with Crippen molar-refractivity contribution in [3.8, 4) is 0 Å². The highest BCUT2D eigenvalue weighted by Gasteiger charge is 2.31. The van der Waals surface area contributed by atoms with E-state index in [0.717, 1.165) is 10.6 Å². The second kappa shape index (κ2) is 6.85. The molecule has 20 heavy (non-hydrogen) atoms. The third-order valence-electron chi connectivity index (χ3n) is 3.31. The van der Waals surface area contributed by atoms with E-state index in [2.05, 4.69) is 0 Å². The zero-order valence-corrected chi connectivity index (χ0v) is 12.8. The molecule has 0 radical (unpaired) electrons. The lowest BCUT2D eigenvalue weighted by Gasteiger charge is -2.29. The fourth-order valence-corrected chi connectivity index (χ4v) is 4.77. The van der Waals surface area contributed by atoms with E-state index in [1.54, 1.807) is 7.11 Å². The Hall–Kier alpha value is -1.41. The van der Waals surface area contributed by atoms with Gasteiger partial charge in [0, 0.05) is 24.3 Å². The molecule has 0 saturated carbocycles. The predicted octanol–water partition coefficient (Wildman–Crippen LogP) is 2.49. The molecule has 2 rings (SSSR count). The number of nitrogens with zero attached hydrogens (tertiary/aromatic N) is 1. The molecule has 4 heteroatoms. The van der Waals surface area contributed by atoms with Crippen molar-refractivity contribution in [2.45, 2.75) is 0 Å². The summed E-state index contributed by atoms with van der Waals surface area (Å²) < 4.78 is 20.7. The minimum atomic E-state index is -2.79. The number of hydrogen-bond acceptors (Lipinski definition) is 2. The first-order valence-corrected chi connectivity index (χ1v) is 8.27. The summed E-state index contributed by atoms with van der Waals surface area (Å²) in [6, 6.07) is 19.3. The molecule has 2 aromatic carbocycles. The Kier molecular flexibility index (Phi) is 5.13. The number of rotatable bonds is 6. The second-order valence-electron chi connectivity index (χ2n) is 4.62. The molecule has 0 unspecified atom stereocenters. The lowest BCUT2D eigenvalue weighted by atomic mass is 10.4. The van der Waals surface area contributed by atoms with Crippen molar-refractivity contribution in [3.05, 3.63) is 60.7 Å². The van der Waals surface area contributed by atoms with Crippen molar-refractivity contribution in [2.75, 3.05) is 27.3 Å². The largest absolute Gasteiger partial charge is 0.383 e. The maximum atomic E-state index is 13.7. The number of likely N-dealkylation sites (N-methyl/N-ethyl adjacent to an activating group) is 1. The Bertz CT molecular complexity index is 528. The van der Waals surface area contributed by atoms with E-state index in [-0.39, 0.29) is 0 Å². The Morgan fingerprint density at radius 3 is 1.80 bits per heavy atom. The van der Waals surface area contributed by atoms with Crippen LogP contribution in [0.3, 0.4) is 0 Å². The molecule has 0 bridgehead atoms. The van der Waals surface area contributed by atoms with E-state index in [4.69, 9.17) is 4.74 Å². The highest BCUT2D eigenvalue weighted by Crippen LogP contribution is 2.45. The summed E-state index contributed by atoms with van der Waals surface area (Å²) in [7, 11) is 0.754. The summed E-state index contributed by atoms with van der Waals surface area (Å²) >= 11 is 0. The van der Waals surface area contributed by atoms with Crippen LogP contribution < -0.4 is 10.6 Å². The molecular weight excluding hydrogens is 269 g/mol. The van der Waals surface area contributed by atoms with Gasteiger partial charge in [0.2, 0.25) is 7.29 Å². The van der Waals surface area contributed by atoms with E-state index in [1.807, 2.05) is 72.4 Å². The van der Waals surface area contributed by atoms with E-state index in [1.165, 1.54) is 0 Å². The highest BCUT2D eigenvalue weighted by molar-refractivity contribution is 7.76. The fourth-order valence-electron chi connectivity index (χ4n) is 2.17. The lowest BCUT2D eigenvalue weighted by Crippen LogP contribution is -2.31. The molecule has 0 aromatic heterocycles. The van der Waals surface area contributed by atoms with Crippen molar-refractivity contribution in [2.24, 2.45) is 0 Å². The van der Waals surface area contributed by atoms with Crippen molar-refractivity contribution in [1.82, 2.24) is 4.67 Å². The average molecular weight is 289 g/mol. The molecule has 0 spiro atoms. The number of hydrogen-bond donors (Lipinski definition) is 0. The molecule has 0 saturated heterocycles. The lowest BCUT2D eigenvalue weighted by molar-refractivity contribution is 0.185. The van der Waals surface area contributed by atoms with Gasteiger partial charge in [-0.3, -0.25) is 4.57 Å². The molecule has 0 aliphatic carbocycles. The Labute approximate surface area is 120 Å². The van der Waals surface area contributed by atoms with Crippen molar-refractivity contribution in [1.29, 1.82) is 0 Å². The van der Waals surface area contributed by atoms with Crippen LogP contribution in [0.5, 0.6) is 0 Å². The normalized spacial score (nSPS) is 11.8. The minimum Gasteiger partial charge on any atom is -0.383 e. The third-order valence-corrected chi connectivity index (χ3v) is 6.47. The van der Waals surface area contributed by atoms with E-state index < -0.39 is 7.29 Å². The van der Waals surface area contributed by atoms with Crippen LogP contribution in [-0.2, 0) is 9.30 Å². The summed E-state index contributed by atoms with van der Waals surface area (Å²) in [6.45, 7) is 1.18. The van der Waals surface area contributed by atoms with Gasteiger partial charge in [0.1, 0.15) is 0 Å². The van der Waals surface area contributed by atoms with Gasteiger partial charge in [0.15, 0.2) is 0 Å². The zero-order valence-electron chi connectivity index (χ0n) is 11.9. The van der Waals surface area contributed by atoms with E-state index in [9.17, 15) is 4.57 Å². The van der Waals surface area contributed by atoms with Crippen LogP contribution >= 0.6 is 7.29 Å². The van der Waals surface area contributed by atoms with Gasteiger partial charge in [-0.1, -0.05) is 36.4 Å². The minimum absolute atomic E-state index is 0.556. The van der Waals surface area contributed by atoms with Crippen molar-refractivity contribution >= 4 is 17.9 Å². The molecule has 0 aliphatic heterocycles. The fraction of sp³-hybridized carbons (Fsp3) is 0.250. The molecule has 0 heterocycles. The molecule has 2 aromatic rings. The van der Waals surface area contributed by atoms with E-state index >= 15 is 0 Å². The first kappa shape index (κ1) is 15.0. The van der Waals surface area contributed by atoms with Gasteiger partial charge in [-0.25, -0.2) is 4.67 Å². The highest BCUT2D eigenvalue weighted by atomic mass is 31.2. The molecule has 3 nitrogen and oxygen atoms in total. The van der Waals surface area contributed by atoms with Crippen LogP contribution in [-0.4, -0.2) is 32.0 Å². The SMILES string of the molecule is COCCN(C)P(=O)(c1ccccc1)c1ccccc1. The topological polar surface area (TPSA) is 29.5 Å². The van der Waals surface area contributed by atoms with Gasteiger partial charge in [-0.05, 0) is 31.3 Å². The van der Waals surface area contributed by atoms with Crippen LogP contribution in [0.1, 0.15) is 0 Å². The Balaban J connectivity index is 2.47. The number of benzene rings is 2. The van der Waals surface area contributed by atoms with Gasteiger partial charge in [-0.2, -0.15) is 0 Å². The van der Waals surface area contributed by atoms with Gasteiger partial charge < -0.3 is 4.74 Å². The summed E-state index contributed by atoms with van der Waals surface area (Å²) in [4.78, 5) is 0. The maximum Gasteiger partial charge on any atom is 0.207 e. The Morgan fingerprint density at radius 2 is 1.40 bits per heavy atom.